The van der Waals surface area contributed by atoms with Gasteiger partial charge in [-0.25, -0.2) is 0 Å². The Morgan fingerprint density at radius 3 is 2.71 bits per heavy atom. The predicted molar refractivity (Wildman–Crippen MR) is 75.1 cm³/mol. The van der Waals surface area contributed by atoms with Gasteiger partial charge in [-0.3, -0.25) is 0 Å². The van der Waals surface area contributed by atoms with Crippen LogP contribution in [0.3, 0.4) is 0 Å². The van der Waals surface area contributed by atoms with Gasteiger partial charge >= 0.3 is 0 Å². The highest BCUT2D eigenvalue weighted by Gasteiger charge is 2.05. The maximum Gasteiger partial charge on any atom is 0.100 e. The third kappa shape index (κ3) is 4.76. The quantitative estimate of drug-likeness (QED) is 0.907. The van der Waals surface area contributed by atoms with E-state index in [1.165, 1.54) is 0 Å². The van der Waals surface area contributed by atoms with E-state index in [0.29, 0.717) is 11.6 Å². The lowest BCUT2D eigenvalue weighted by Gasteiger charge is -2.18. The number of hydrogen-bond donors (Lipinski definition) is 1. The maximum absolute atomic E-state index is 8.83. The molecule has 1 aromatic carbocycles. The van der Waals surface area contributed by atoms with E-state index in [1.54, 1.807) is 0 Å². The monoisotopic (exact) mass is 295 g/mol. The van der Waals surface area contributed by atoms with E-state index in [2.05, 4.69) is 53.2 Å². The summed E-state index contributed by atoms with van der Waals surface area (Å²) in [6.45, 7) is 3.22. The molecule has 0 aliphatic carbocycles. The molecular weight excluding hydrogens is 278 g/mol. The van der Waals surface area contributed by atoms with Gasteiger partial charge in [-0.2, -0.15) is 5.26 Å². The molecule has 0 aromatic heterocycles. The number of benzene rings is 1. The first kappa shape index (κ1) is 14.0. The van der Waals surface area contributed by atoms with E-state index in [4.69, 9.17) is 5.26 Å². The van der Waals surface area contributed by atoms with Crippen molar-refractivity contribution in [2.75, 3.05) is 26.0 Å². The van der Waals surface area contributed by atoms with Crippen LogP contribution in [0.5, 0.6) is 0 Å². The average molecular weight is 296 g/mol. The molecule has 0 bridgehead atoms. The van der Waals surface area contributed by atoms with Crippen molar-refractivity contribution in [3.63, 3.8) is 0 Å². The van der Waals surface area contributed by atoms with Crippen LogP contribution in [0.15, 0.2) is 22.7 Å². The fourth-order valence-corrected chi connectivity index (χ4v) is 1.97. The van der Waals surface area contributed by atoms with Gasteiger partial charge in [0.15, 0.2) is 0 Å². The lowest BCUT2D eigenvalue weighted by molar-refractivity contribution is 0.390. The normalized spacial score (nSPS) is 12.2. The Balaban J connectivity index is 2.57. The standard InChI is InChI=1S/C13H18BrN3/c1-10(6-7-17(2)3)16-12-5-4-11(9-15)13(14)8-12/h4-5,8,10,16H,6-7H2,1-3H3. The second-order valence-corrected chi connectivity index (χ2v) is 5.30. The smallest absolute Gasteiger partial charge is 0.100 e. The van der Waals surface area contributed by atoms with Gasteiger partial charge < -0.3 is 10.2 Å². The number of hydrogen-bond acceptors (Lipinski definition) is 3. The third-order valence-corrected chi connectivity index (χ3v) is 3.17. The molecule has 4 heteroatoms. The summed E-state index contributed by atoms with van der Waals surface area (Å²) in [6, 6.07) is 8.26. The van der Waals surface area contributed by atoms with Crippen molar-refractivity contribution in [3.05, 3.63) is 28.2 Å². The Bertz CT molecular complexity index is 410. The lowest BCUT2D eigenvalue weighted by atomic mass is 10.2. The summed E-state index contributed by atoms with van der Waals surface area (Å²) in [5, 5.41) is 12.3. The molecule has 0 radical (unpaired) electrons. The highest BCUT2D eigenvalue weighted by molar-refractivity contribution is 9.10. The van der Waals surface area contributed by atoms with Crippen LogP contribution < -0.4 is 5.32 Å². The van der Waals surface area contributed by atoms with Crippen LogP contribution in [0.25, 0.3) is 0 Å². The fraction of sp³-hybridized carbons (Fsp3) is 0.462. The van der Waals surface area contributed by atoms with Crippen molar-refractivity contribution in [3.8, 4) is 6.07 Å². The number of nitrogens with one attached hydrogen (secondary N) is 1. The molecule has 0 saturated carbocycles. The van der Waals surface area contributed by atoms with Crippen molar-refractivity contribution < 1.29 is 0 Å². The molecule has 17 heavy (non-hydrogen) atoms. The fourth-order valence-electron chi connectivity index (χ4n) is 1.50. The Morgan fingerprint density at radius 2 is 2.18 bits per heavy atom. The largest absolute Gasteiger partial charge is 0.383 e. The van der Waals surface area contributed by atoms with E-state index >= 15 is 0 Å². The Morgan fingerprint density at radius 1 is 1.47 bits per heavy atom. The molecule has 0 amide bonds. The highest BCUT2D eigenvalue weighted by atomic mass is 79.9. The number of nitriles is 1. The summed E-state index contributed by atoms with van der Waals surface area (Å²) in [5.74, 6) is 0. The predicted octanol–water partition coefficient (Wildman–Crippen LogP) is 3.07. The van der Waals surface area contributed by atoms with E-state index in [-0.39, 0.29) is 0 Å². The molecule has 1 atom stereocenters. The van der Waals surface area contributed by atoms with Crippen molar-refractivity contribution >= 4 is 21.6 Å². The van der Waals surface area contributed by atoms with Gasteiger partial charge in [0.25, 0.3) is 0 Å². The minimum Gasteiger partial charge on any atom is -0.383 e. The number of anilines is 1. The topological polar surface area (TPSA) is 39.1 Å². The van der Waals surface area contributed by atoms with E-state index in [0.717, 1.165) is 23.1 Å². The van der Waals surface area contributed by atoms with Crippen molar-refractivity contribution in [1.29, 1.82) is 5.26 Å². The molecule has 0 fully saturated rings. The van der Waals surface area contributed by atoms with E-state index in [1.807, 2.05) is 18.2 Å². The van der Waals surface area contributed by atoms with Crippen LogP contribution in [0, 0.1) is 11.3 Å². The summed E-state index contributed by atoms with van der Waals surface area (Å²) in [6.07, 6.45) is 1.09. The second kappa shape index (κ2) is 6.63. The zero-order chi connectivity index (χ0) is 12.8. The molecule has 3 nitrogen and oxygen atoms in total. The first-order valence-corrected chi connectivity index (χ1v) is 6.43. The van der Waals surface area contributed by atoms with Crippen molar-refractivity contribution in [2.45, 2.75) is 19.4 Å². The van der Waals surface area contributed by atoms with Gasteiger partial charge in [0, 0.05) is 16.2 Å². The molecule has 0 aliphatic heterocycles. The molecule has 1 aromatic rings. The first-order chi connectivity index (χ1) is 8.02. The zero-order valence-corrected chi connectivity index (χ0v) is 12.1. The van der Waals surface area contributed by atoms with Gasteiger partial charge in [-0.05, 0) is 68.1 Å². The summed E-state index contributed by atoms with van der Waals surface area (Å²) < 4.78 is 0.838. The van der Waals surface area contributed by atoms with Gasteiger partial charge in [-0.1, -0.05) is 0 Å². The van der Waals surface area contributed by atoms with Crippen LogP contribution in [0.4, 0.5) is 5.69 Å². The minimum absolute atomic E-state index is 0.414. The maximum atomic E-state index is 8.83. The first-order valence-electron chi connectivity index (χ1n) is 5.64. The van der Waals surface area contributed by atoms with Crippen LogP contribution >= 0.6 is 15.9 Å². The van der Waals surface area contributed by atoms with Gasteiger partial charge in [0.1, 0.15) is 6.07 Å². The Hall–Kier alpha value is -1.05. The zero-order valence-electron chi connectivity index (χ0n) is 10.5. The van der Waals surface area contributed by atoms with Crippen LogP contribution in [-0.2, 0) is 0 Å². The molecule has 0 heterocycles. The summed E-state index contributed by atoms with van der Waals surface area (Å²) >= 11 is 3.39. The Kier molecular flexibility index (Phi) is 5.46. The molecular formula is C13H18BrN3. The van der Waals surface area contributed by atoms with Crippen molar-refractivity contribution in [1.82, 2.24) is 4.90 Å². The van der Waals surface area contributed by atoms with Crippen LogP contribution in [0.1, 0.15) is 18.9 Å². The molecule has 92 valence electrons. The van der Waals surface area contributed by atoms with Crippen molar-refractivity contribution in [2.24, 2.45) is 0 Å². The van der Waals surface area contributed by atoms with Gasteiger partial charge in [0.05, 0.1) is 5.56 Å². The minimum atomic E-state index is 0.414. The Labute approximate surface area is 112 Å². The number of rotatable bonds is 5. The van der Waals surface area contributed by atoms with E-state index < -0.39 is 0 Å². The van der Waals surface area contributed by atoms with Gasteiger partial charge in [0.2, 0.25) is 0 Å². The van der Waals surface area contributed by atoms with E-state index in [9.17, 15) is 0 Å². The molecule has 0 aliphatic rings. The molecule has 1 unspecified atom stereocenters. The van der Waals surface area contributed by atoms with Gasteiger partial charge in [-0.15, -0.1) is 0 Å². The highest BCUT2D eigenvalue weighted by Crippen LogP contribution is 2.21. The third-order valence-electron chi connectivity index (χ3n) is 2.51. The van der Waals surface area contributed by atoms with Crippen LogP contribution in [-0.4, -0.2) is 31.6 Å². The summed E-state index contributed by atoms with van der Waals surface area (Å²) in [5.41, 5.74) is 1.71. The number of nitrogens with zero attached hydrogens (tertiary/aromatic N) is 2. The average Bonchev–Trinajstić information content (AvgIpc) is 2.26. The molecule has 0 spiro atoms. The molecule has 1 N–H and O–H groups in total. The van der Waals surface area contributed by atoms with Crippen LogP contribution in [0.2, 0.25) is 0 Å². The molecule has 0 saturated heterocycles. The lowest BCUT2D eigenvalue weighted by Crippen LogP contribution is -2.22. The second-order valence-electron chi connectivity index (χ2n) is 4.44. The summed E-state index contributed by atoms with van der Waals surface area (Å²) in [4.78, 5) is 2.17. The SMILES string of the molecule is CC(CCN(C)C)Nc1ccc(C#N)c(Br)c1. The molecule has 1 rings (SSSR count). The summed E-state index contributed by atoms with van der Waals surface area (Å²) in [7, 11) is 4.15. The number of halogens is 1.